The van der Waals surface area contributed by atoms with Crippen LogP contribution in [0.1, 0.15) is 31.2 Å². The average Bonchev–Trinajstić information content (AvgIpc) is 3.65. The Morgan fingerprint density at radius 3 is 2.41 bits per heavy atom. The fourth-order valence-electron chi connectivity index (χ4n) is 5.08. The second-order valence-electron chi connectivity index (χ2n) is 10.3. The molecule has 3 heterocycles. The van der Waals surface area contributed by atoms with Gasteiger partial charge in [-0.15, -0.1) is 11.3 Å². The highest BCUT2D eigenvalue weighted by molar-refractivity contribution is 7.22. The highest BCUT2D eigenvalue weighted by atomic mass is 32.1. The van der Waals surface area contributed by atoms with E-state index in [1.807, 2.05) is 29.2 Å². The number of carbonyl (C=O) groups excluding carboxylic acids is 1. The van der Waals surface area contributed by atoms with Crippen LogP contribution in [0.25, 0.3) is 20.5 Å². The van der Waals surface area contributed by atoms with Crippen molar-refractivity contribution >= 4 is 33.3 Å². The van der Waals surface area contributed by atoms with E-state index in [1.54, 1.807) is 17.4 Å². The summed E-state index contributed by atoms with van der Waals surface area (Å²) in [5, 5.41) is 8.33. The highest BCUT2D eigenvalue weighted by Gasteiger charge is 2.46. The predicted molar refractivity (Wildman–Crippen MR) is 139 cm³/mol. The van der Waals surface area contributed by atoms with Gasteiger partial charge in [-0.1, -0.05) is 30.3 Å². The third kappa shape index (κ3) is 6.42. The van der Waals surface area contributed by atoms with Crippen LogP contribution in [0, 0.1) is 5.82 Å². The normalized spacial score (nSPS) is 19.7. The molecule has 1 saturated carbocycles. The summed E-state index contributed by atoms with van der Waals surface area (Å²) in [6.07, 6.45) is -1.04. The lowest BCUT2D eigenvalue weighted by atomic mass is 9.89. The van der Waals surface area contributed by atoms with E-state index in [0.29, 0.717) is 12.6 Å². The maximum atomic E-state index is 15.0. The predicted octanol–water partition coefficient (Wildman–Crippen LogP) is 5.70. The van der Waals surface area contributed by atoms with Gasteiger partial charge in [0.2, 0.25) is 5.91 Å². The number of thiophene rings is 1. The first-order valence-corrected chi connectivity index (χ1v) is 13.6. The summed E-state index contributed by atoms with van der Waals surface area (Å²) in [6, 6.07) is 16.5. The molecule has 208 valence electrons. The Morgan fingerprint density at radius 2 is 1.79 bits per heavy atom. The zero-order valence-corrected chi connectivity index (χ0v) is 21.9. The Labute approximate surface area is 226 Å². The van der Waals surface area contributed by atoms with Crippen molar-refractivity contribution in [3.63, 3.8) is 0 Å². The zero-order chi connectivity index (χ0) is 27.8. The van der Waals surface area contributed by atoms with Crippen molar-refractivity contribution < 1.29 is 37.0 Å². The number of carbonyl (C=O) groups is 2. The first kappa shape index (κ1) is 27.5. The van der Waals surface area contributed by atoms with E-state index < -0.39 is 12.1 Å². The lowest BCUT2D eigenvalue weighted by Gasteiger charge is -2.47. The molecule has 1 spiro atoms. The summed E-state index contributed by atoms with van der Waals surface area (Å²) >= 11 is 1.70. The number of carboxylic acids is 1. The number of halogens is 4. The number of ether oxygens (including phenoxy) is 1. The largest absolute Gasteiger partial charge is 0.490 e. The Bertz CT molecular complexity index is 1330. The number of hydrogen-bond donors (Lipinski definition) is 1. The second kappa shape index (κ2) is 10.9. The van der Waals surface area contributed by atoms with Crippen LogP contribution in [0.4, 0.5) is 17.6 Å². The van der Waals surface area contributed by atoms with Gasteiger partial charge in [0.05, 0.1) is 12.1 Å². The van der Waals surface area contributed by atoms with Gasteiger partial charge in [-0.2, -0.15) is 13.2 Å². The minimum Gasteiger partial charge on any atom is -0.475 e. The SMILES string of the molecule is O=C(O)C(F)(F)F.O=C1COC2(CCN(Cc3ccc(-c4cc5ccccc5s4)cc3F)CC2)CN1C1CC1. The van der Waals surface area contributed by atoms with Crippen molar-refractivity contribution in [1.29, 1.82) is 0 Å². The Morgan fingerprint density at radius 1 is 1.10 bits per heavy atom. The number of piperidine rings is 1. The molecular weight excluding hydrogens is 536 g/mol. The van der Waals surface area contributed by atoms with Crippen LogP contribution in [-0.4, -0.2) is 70.8 Å². The van der Waals surface area contributed by atoms with Crippen molar-refractivity contribution in [2.45, 2.75) is 50.0 Å². The number of aliphatic carboxylic acids is 1. The topological polar surface area (TPSA) is 70.1 Å². The molecule has 0 unspecified atom stereocenters. The molecule has 3 aromatic rings. The molecule has 6 rings (SSSR count). The third-order valence-electron chi connectivity index (χ3n) is 7.44. The molecule has 0 atom stereocenters. The zero-order valence-electron chi connectivity index (χ0n) is 21.0. The molecule has 11 heteroatoms. The molecule has 2 aliphatic heterocycles. The molecule has 1 amide bonds. The minimum absolute atomic E-state index is 0.139. The Hall–Kier alpha value is -3.02. The van der Waals surface area contributed by atoms with E-state index in [2.05, 4.69) is 23.1 Å². The van der Waals surface area contributed by atoms with Gasteiger partial charge in [0.15, 0.2) is 0 Å². The quantitative estimate of drug-likeness (QED) is 0.412. The fraction of sp³-hybridized carbons (Fsp3) is 0.429. The van der Waals surface area contributed by atoms with Crippen LogP contribution in [-0.2, 0) is 20.9 Å². The van der Waals surface area contributed by atoms with Gasteiger partial charge in [0.1, 0.15) is 12.4 Å². The number of rotatable bonds is 4. The molecule has 2 saturated heterocycles. The number of likely N-dealkylation sites (tertiary alicyclic amines) is 1. The van der Waals surface area contributed by atoms with Crippen molar-refractivity contribution in [2.75, 3.05) is 26.2 Å². The second-order valence-corrected chi connectivity index (χ2v) is 11.3. The molecule has 0 bridgehead atoms. The molecule has 2 aromatic carbocycles. The van der Waals surface area contributed by atoms with E-state index >= 15 is 0 Å². The maximum Gasteiger partial charge on any atom is 0.490 e. The summed E-state index contributed by atoms with van der Waals surface area (Å²) in [5.74, 6) is -2.76. The first-order valence-electron chi connectivity index (χ1n) is 12.8. The number of carboxylic acid groups (broad SMARTS) is 1. The standard InChI is InChI=1S/C26H27FN2O2S.C2HF3O2/c27-22-13-19(24-14-18-3-1-2-4-23(18)32-24)5-6-20(22)15-28-11-9-26(10-12-28)17-29(21-7-8-21)25(30)16-31-26;3-2(4,5)1(6)7/h1-6,13-14,21H,7-12,15-17H2;(H,6,7). The van der Waals surface area contributed by atoms with Gasteiger partial charge in [-0.25, -0.2) is 9.18 Å². The Kier molecular flexibility index (Phi) is 7.67. The summed E-state index contributed by atoms with van der Waals surface area (Å²) < 4.78 is 54.0. The molecule has 0 radical (unpaired) electrons. The van der Waals surface area contributed by atoms with Crippen LogP contribution < -0.4 is 0 Å². The number of nitrogens with zero attached hydrogens (tertiary/aromatic N) is 2. The number of alkyl halides is 3. The lowest BCUT2D eigenvalue weighted by Crippen LogP contribution is -2.59. The van der Waals surface area contributed by atoms with Gasteiger partial charge in [-0.3, -0.25) is 9.69 Å². The van der Waals surface area contributed by atoms with Crippen LogP contribution in [0.2, 0.25) is 0 Å². The van der Waals surface area contributed by atoms with E-state index in [1.165, 1.54) is 10.1 Å². The van der Waals surface area contributed by atoms with E-state index in [0.717, 1.165) is 61.3 Å². The van der Waals surface area contributed by atoms with Gasteiger partial charge in [0, 0.05) is 40.8 Å². The van der Waals surface area contributed by atoms with E-state index in [9.17, 15) is 22.4 Å². The smallest absolute Gasteiger partial charge is 0.475 e. The monoisotopic (exact) mass is 564 g/mol. The molecular formula is C28H28F4N2O4S. The number of fused-ring (bicyclic) bond motifs is 1. The molecule has 1 aromatic heterocycles. The molecule has 1 aliphatic carbocycles. The van der Waals surface area contributed by atoms with Crippen LogP contribution in [0.15, 0.2) is 48.5 Å². The fourth-order valence-corrected chi connectivity index (χ4v) is 6.13. The van der Waals surface area contributed by atoms with Gasteiger partial charge < -0.3 is 14.7 Å². The highest BCUT2D eigenvalue weighted by Crippen LogP contribution is 2.37. The molecule has 1 N–H and O–H groups in total. The first-order chi connectivity index (χ1) is 18.5. The van der Waals surface area contributed by atoms with Gasteiger partial charge >= 0.3 is 12.1 Å². The van der Waals surface area contributed by atoms with Crippen LogP contribution in [0.3, 0.4) is 0 Å². The number of hydrogen-bond acceptors (Lipinski definition) is 5. The average molecular weight is 565 g/mol. The number of morpholine rings is 1. The van der Waals surface area contributed by atoms with Crippen molar-refractivity contribution in [3.05, 3.63) is 59.9 Å². The molecule has 39 heavy (non-hydrogen) atoms. The lowest BCUT2D eigenvalue weighted by molar-refractivity contribution is -0.192. The summed E-state index contributed by atoms with van der Waals surface area (Å²) in [4.78, 5) is 26.5. The van der Waals surface area contributed by atoms with Gasteiger partial charge in [-0.05, 0) is 54.8 Å². The number of benzene rings is 2. The Balaban J connectivity index is 0.000000392. The molecule has 3 aliphatic rings. The molecule has 6 nitrogen and oxygen atoms in total. The number of amides is 1. The van der Waals surface area contributed by atoms with Crippen LogP contribution >= 0.6 is 11.3 Å². The van der Waals surface area contributed by atoms with Crippen molar-refractivity contribution in [1.82, 2.24) is 9.80 Å². The van der Waals surface area contributed by atoms with E-state index in [4.69, 9.17) is 14.6 Å². The third-order valence-corrected chi connectivity index (χ3v) is 8.60. The molecule has 3 fully saturated rings. The van der Waals surface area contributed by atoms with Gasteiger partial charge in [0.25, 0.3) is 0 Å². The van der Waals surface area contributed by atoms with Crippen molar-refractivity contribution in [3.8, 4) is 10.4 Å². The summed E-state index contributed by atoms with van der Waals surface area (Å²) in [6.45, 7) is 3.28. The van der Waals surface area contributed by atoms with Crippen molar-refractivity contribution in [2.24, 2.45) is 0 Å². The van der Waals surface area contributed by atoms with E-state index in [-0.39, 0.29) is 23.9 Å². The summed E-state index contributed by atoms with van der Waals surface area (Å²) in [7, 11) is 0. The van der Waals surface area contributed by atoms with Crippen LogP contribution in [0.5, 0.6) is 0 Å². The summed E-state index contributed by atoms with van der Waals surface area (Å²) in [5.41, 5.74) is 1.46. The minimum atomic E-state index is -5.08. The maximum absolute atomic E-state index is 15.0.